The Morgan fingerprint density at radius 1 is 0.882 bits per heavy atom. The maximum absolute atomic E-state index is 11.4. The van der Waals surface area contributed by atoms with Gasteiger partial charge in [-0.15, -0.1) is 0 Å². The number of pyridine rings is 2. The van der Waals surface area contributed by atoms with Crippen LogP contribution in [0.4, 0.5) is 4.79 Å². The summed E-state index contributed by atoms with van der Waals surface area (Å²) >= 11 is -2.50. The Balaban J connectivity index is 2.24. The van der Waals surface area contributed by atoms with Crippen molar-refractivity contribution < 1.29 is 9.90 Å². The molecule has 34 heavy (non-hydrogen) atoms. The second-order valence-electron chi connectivity index (χ2n) is 10.4. The number of carbonyl (C=O) groups is 1. The van der Waals surface area contributed by atoms with Gasteiger partial charge in [0.15, 0.2) is 0 Å². The van der Waals surface area contributed by atoms with E-state index in [1.54, 1.807) is 7.05 Å². The van der Waals surface area contributed by atoms with Gasteiger partial charge in [0.2, 0.25) is 0 Å². The molecular formula is C28H45N3O2Sn. The Labute approximate surface area is 211 Å². The number of amides is 1. The van der Waals surface area contributed by atoms with Crippen molar-refractivity contribution in [2.24, 2.45) is 0 Å². The normalized spacial score (nSPS) is 12.1. The van der Waals surface area contributed by atoms with Gasteiger partial charge in [0.1, 0.15) is 0 Å². The number of unbranched alkanes of at least 4 members (excludes halogenated alkanes) is 3. The molecule has 0 radical (unpaired) electrons. The summed E-state index contributed by atoms with van der Waals surface area (Å²) in [5, 5.41) is 9.31. The van der Waals surface area contributed by atoms with Crippen LogP contribution in [0, 0.1) is 0 Å². The SMILES string of the molecule is CCC[CH2][Sn]([CH2]CCC)([CH2]CCC)[c]1ccc(-c2ccc(CC(C)(C)N(C)C(=O)O)nc2)cn1. The number of nitrogens with zero attached hydrogens (tertiary/aromatic N) is 3. The molecule has 2 rings (SSSR count). The number of carboxylic acid groups (broad SMARTS) is 1. The molecule has 0 fully saturated rings. The van der Waals surface area contributed by atoms with Gasteiger partial charge in [0.05, 0.1) is 0 Å². The molecule has 2 aromatic heterocycles. The van der Waals surface area contributed by atoms with Crippen LogP contribution in [0.25, 0.3) is 11.1 Å². The minimum atomic E-state index is -2.50. The van der Waals surface area contributed by atoms with Crippen LogP contribution in [0.1, 0.15) is 78.8 Å². The fourth-order valence-electron chi connectivity index (χ4n) is 4.70. The number of aromatic nitrogens is 2. The third kappa shape index (κ3) is 7.69. The van der Waals surface area contributed by atoms with E-state index in [0.717, 1.165) is 16.8 Å². The van der Waals surface area contributed by atoms with Crippen LogP contribution in [-0.2, 0) is 6.42 Å². The van der Waals surface area contributed by atoms with Crippen molar-refractivity contribution >= 4 is 28.2 Å². The van der Waals surface area contributed by atoms with Crippen molar-refractivity contribution in [2.75, 3.05) is 7.05 Å². The molecule has 0 atom stereocenters. The van der Waals surface area contributed by atoms with E-state index in [4.69, 9.17) is 4.98 Å². The standard InChI is InChI=1S/C16H18N3O2.3C4H9.Sn/c1-16(2,19(3)15(20)21)9-14-7-6-13(11-18-14)12-5-4-8-17-10-12;3*1-3-4-2;/h4-7,10-11H,9H2,1-3H3,(H,20,21);3*1,3-4H2,2H3;. The summed E-state index contributed by atoms with van der Waals surface area (Å²) in [6, 6.07) is 8.67. The average molecular weight is 574 g/mol. The van der Waals surface area contributed by atoms with E-state index in [9.17, 15) is 9.90 Å². The first-order valence-corrected chi connectivity index (χ1v) is 20.6. The van der Waals surface area contributed by atoms with Crippen molar-refractivity contribution in [3.8, 4) is 11.1 Å². The van der Waals surface area contributed by atoms with Crippen molar-refractivity contribution in [2.45, 2.75) is 98.4 Å². The Kier molecular flexibility index (Phi) is 11.3. The first kappa shape index (κ1) is 28.6. The summed E-state index contributed by atoms with van der Waals surface area (Å²) in [6.07, 6.45) is 11.4. The van der Waals surface area contributed by atoms with Crippen LogP contribution in [-0.4, -0.2) is 57.0 Å². The predicted octanol–water partition coefficient (Wildman–Crippen LogP) is 7.13. The van der Waals surface area contributed by atoms with Crippen molar-refractivity contribution in [1.82, 2.24) is 14.9 Å². The van der Waals surface area contributed by atoms with E-state index >= 15 is 0 Å². The van der Waals surface area contributed by atoms with Crippen LogP contribution >= 0.6 is 0 Å². The first-order chi connectivity index (χ1) is 16.2. The quantitative estimate of drug-likeness (QED) is 0.244. The van der Waals surface area contributed by atoms with E-state index in [0.29, 0.717) is 6.42 Å². The first-order valence-electron chi connectivity index (χ1n) is 13.1. The van der Waals surface area contributed by atoms with Gasteiger partial charge in [-0.3, -0.25) is 0 Å². The summed E-state index contributed by atoms with van der Waals surface area (Å²) in [5.74, 6) is 0. The molecule has 188 valence electrons. The fourth-order valence-corrected chi connectivity index (χ4v) is 20.1. The van der Waals surface area contributed by atoms with Crippen LogP contribution in [0.5, 0.6) is 0 Å². The van der Waals surface area contributed by atoms with E-state index in [1.165, 1.54) is 60.4 Å². The summed E-state index contributed by atoms with van der Waals surface area (Å²) < 4.78 is 5.73. The molecule has 0 aliphatic heterocycles. The van der Waals surface area contributed by atoms with Crippen LogP contribution < -0.4 is 3.71 Å². The second kappa shape index (κ2) is 13.5. The Bertz CT molecular complexity index is 860. The third-order valence-corrected chi connectivity index (χ3v) is 22.5. The van der Waals surface area contributed by atoms with Gasteiger partial charge in [-0.2, -0.15) is 0 Å². The zero-order valence-electron chi connectivity index (χ0n) is 22.2. The topological polar surface area (TPSA) is 66.3 Å². The van der Waals surface area contributed by atoms with Gasteiger partial charge in [-0.05, 0) is 0 Å². The number of hydrogen-bond donors (Lipinski definition) is 1. The predicted molar refractivity (Wildman–Crippen MR) is 146 cm³/mol. The monoisotopic (exact) mass is 575 g/mol. The van der Waals surface area contributed by atoms with Crippen LogP contribution in [0.3, 0.4) is 0 Å². The van der Waals surface area contributed by atoms with Crippen LogP contribution in [0.15, 0.2) is 36.7 Å². The fraction of sp³-hybridized carbons (Fsp3) is 0.607. The molecule has 0 spiro atoms. The van der Waals surface area contributed by atoms with Gasteiger partial charge in [-0.1, -0.05) is 0 Å². The van der Waals surface area contributed by atoms with Crippen LogP contribution in [0.2, 0.25) is 13.3 Å². The molecule has 1 amide bonds. The number of hydrogen-bond acceptors (Lipinski definition) is 3. The molecule has 0 aromatic carbocycles. The second-order valence-corrected chi connectivity index (χ2v) is 23.4. The van der Waals surface area contributed by atoms with Crippen molar-refractivity contribution in [1.29, 1.82) is 0 Å². The molecule has 0 unspecified atom stereocenters. The molecule has 0 saturated carbocycles. The zero-order chi connectivity index (χ0) is 25.2. The molecule has 0 aliphatic carbocycles. The average Bonchev–Trinajstić information content (AvgIpc) is 2.83. The van der Waals surface area contributed by atoms with Gasteiger partial charge < -0.3 is 5.11 Å². The van der Waals surface area contributed by atoms with E-state index in [-0.39, 0.29) is 0 Å². The molecule has 0 bridgehead atoms. The Morgan fingerprint density at radius 2 is 1.38 bits per heavy atom. The summed E-state index contributed by atoms with van der Waals surface area (Å²) in [5.41, 5.74) is 2.53. The molecule has 0 aliphatic rings. The molecule has 0 saturated heterocycles. The Hall–Kier alpha value is -1.63. The number of likely N-dealkylation sites (N-methyl/N-ethyl adjacent to an activating group) is 1. The third-order valence-electron chi connectivity index (χ3n) is 7.30. The molecule has 2 heterocycles. The molecule has 5 nitrogen and oxygen atoms in total. The molecule has 6 heteroatoms. The van der Waals surface area contributed by atoms with E-state index in [2.05, 4.69) is 50.2 Å². The molecular weight excluding hydrogens is 529 g/mol. The Morgan fingerprint density at radius 3 is 1.76 bits per heavy atom. The minimum absolute atomic E-state index is 0.519. The summed E-state index contributed by atoms with van der Waals surface area (Å²) in [6.45, 7) is 10.8. The van der Waals surface area contributed by atoms with Crippen molar-refractivity contribution in [3.63, 3.8) is 0 Å². The van der Waals surface area contributed by atoms with Crippen molar-refractivity contribution in [3.05, 3.63) is 42.4 Å². The van der Waals surface area contributed by atoms with E-state index < -0.39 is 30.0 Å². The van der Waals surface area contributed by atoms with Gasteiger partial charge in [-0.25, -0.2) is 4.79 Å². The van der Waals surface area contributed by atoms with Gasteiger partial charge in [0, 0.05) is 0 Å². The van der Waals surface area contributed by atoms with E-state index in [1.807, 2.05) is 26.1 Å². The van der Waals surface area contributed by atoms with Gasteiger partial charge in [0.25, 0.3) is 0 Å². The summed E-state index contributed by atoms with van der Waals surface area (Å²) in [7, 11) is 1.61. The molecule has 2 aromatic rings. The van der Waals surface area contributed by atoms with Gasteiger partial charge >= 0.3 is 202 Å². The summed E-state index contributed by atoms with van der Waals surface area (Å²) in [4.78, 5) is 22.4. The number of rotatable bonds is 14. The zero-order valence-corrected chi connectivity index (χ0v) is 25.1. The molecule has 1 N–H and O–H groups in total. The maximum atomic E-state index is 11.4.